The van der Waals surface area contributed by atoms with E-state index in [0.717, 1.165) is 25.9 Å². The first-order valence-electron chi connectivity index (χ1n) is 5.03. The van der Waals surface area contributed by atoms with Crippen molar-refractivity contribution in [1.29, 1.82) is 0 Å². The molecular formula is C10H21NO. The Morgan fingerprint density at radius 1 is 1.17 bits per heavy atom. The number of carbonyl (C=O) groups is 1. The standard InChI is InChI=1S/C10H21NO/c1-3-10(12)8-6-5-7-9-11-4-2/h11H,3-9H2,1-2H3. The molecule has 0 radical (unpaired) electrons. The molecule has 0 unspecified atom stereocenters. The Labute approximate surface area is 75.7 Å². The van der Waals surface area contributed by atoms with E-state index in [2.05, 4.69) is 12.2 Å². The zero-order valence-corrected chi connectivity index (χ0v) is 8.36. The zero-order chi connectivity index (χ0) is 9.23. The molecule has 2 heteroatoms. The summed E-state index contributed by atoms with van der Waals surface area (Å²) in [5.41, 5.74) is 0. The molecule has 0 aromatic rings. The van der Waals surface area contributed by atoms with Gasteiger partial charge in [-0.15, -0.1) is 0 Å². The van der Waals surface area contributed by atoms with Crippen LogP contribution in [0.1, 0.15) is 46.0 Å². The highest BCUT2D eigenvalue weighted by Crippen LogP contribution is 2.01. The smallest absolute Gasteiger partial charge is 0.132 e. The van der Waals surface area contributed by atoms with E-state index in [1.807, 2.05) is 6.92 Å². The number of Topliss-reactive ketones (excluding diaryl/α,β-unsaturated/α-hetero) is 1. The largest absolute Gasteiger partial charge is 0.317 e. The topological polar surface area (TPSA) is 29.1 Å². The van der Waals surface area contributed by atoms with Crippen molar-refractivity contribution < 1.29 is 4.79 Å². The Kier molecular flexibility index (Phi) is 8.46. The predicted octanol–water partition coefficient (Wildman–Crippen LogP) is 2.14. The van der Waals surface area contributed by atoms with Crippen LogP contribution in [-0.2, 0) is 4.79 Å². The fourth-order valence-corrected chi connectivity index (χ4v) is 1.10. The number of hydrogen-bond acceptors (Lipinski definition) is 2. The maximum Gasteiger partial charge on any atom is 0.132 e. The number of carbonyl (C=O) groups excluding carboxylic acids is 1. The van der Waals surface area contributed by atoms with Crippen LogP contribution in [0, 0.1) is 0 Å². The van der Waals surface area contributed by atoms with Crippen LogP contribution in [0.25, 0.3) is 0 Å². The first kappa shape index (κ1) is 11.6. The minimum Gasteiger partial charge on any atom is -0.317 e. The Morgan fingerprint density at radius 2 is 1.92 bits per heavy atom. The maximum atomic E-state index is 10.9. The molecule has 12 heavy (non-hydrogen) atoms. The number of nitrogens with one attached hydrogen (secondary N) is 1. The number of rotatable bonds is 8. The first-order valence-corrected chi connectivity index (χ1v) is 5.03. The lowest BCUT2D eigenvalue weighted by Crippen LogP contribution is -2.13. The lowest BCUT2D eigenvalue weighted by Gasteiger charge is -2.00. The van der Waals surface area contributed by atoms with Gasteiger partial charge in [0, 0.05) is 12.8 Å². The van der Waals surface area contributed by atoms with E-state index in [0.29, 0.717) is 12.2 Å². The Morgan fingerprint density at radius 3 is 2.50 bits per heavy atom. The highest BCUT2D eigenvalue weighted by Gasteiger charge is 1.96. The van der Waals surface area contributed by atoms with Gasteiger partial charge in [-0.25, -0.2) is 0 Å². The third-order valence-electron chi connectivity index (χ3n) is 1.95. The Balaban J connectivity index is 2.95. The molecule has 0 atom stereocenters. The SMILES string of the molecule is CCNCCCCCC(=O)CC. The monoisotopic (exact) mass is 171 g/mol. The van der Waals surface area contributed by atoms with E-state index in [9.17, 15) is 4.79 Å². The maximum absolute atomic E-state index is 10.9. The van der Waals surface area contributed by atoms with Crippen LogP contribution in [0.5, 0.6) is 0 Å². The summed E-state index contributed by atoms with van der Waals surface area (Å²) in [6.07, 6.45) is 4.93. The Bertz CT molecular complexity index is 112. The highest BCUT2D eigenvalue weighted by atomic mass is 16.1. The highest BCUT2D eigenvalue weighted by molar-refractivity contribution is 5.77. The van der Waals surface area contributed by atoms with Crippen molar-refractivity contribution in [3.05, 3.63) is 0 Å². The summed E-state index contributed by atoms with van der Waals surface area (Å²) in [6, 6.07) is 0. The van der Waals surface area contributed by atoms with Gasteiger partial charge in [-0.1, -0.05) is 20.3 Å². The fourth-order valence-electron chi connectivity index (χ4n) is 1.10. The summed E-state index contributed by atoms with van der Waals surface area (Å²) in [5, 5.41) is 3.27. The molecule has 1 N–H and O–H groups in total. The van der Waals surface area contributed by atoms with Gasteiger partial charge in [-0.3, -0.25) is 4.79 Å². The van der Waals surface area contributed by atoms with Gasteiger partial charge in [-0.05, 0) is 25.9 Å². The first-order chi connectivity index (χ1) is 5.81. The van der Waals surface area contributed by atoms with Gasteiger partial charge in [-0.2, -0.15) is 0 Å². The molecule has 0 aliphatic rings. The summed E-state index contributed by atoms with van der Waals surface area (Å²) >= 11 is 0. The molecular weight excluding hydrogens is 150 g/mol. The van der Waals surface area contributed by atoms with E-state index in [-0.39, 0.29) is 0 Å². The summed E-state index contributed by atoms with van der Waals surface area (Å²) in [7, 11) is 0. The second-order valence-corrected chi connectivity index (χ2v) is 3.06. The van der Waals surface area contributed by atoms with Crippen molar-refractivity contribution in [2.75, 3.05) is 13.1 Å². The summed E-state index contributed by atoms with van der Waals surface area (Å²) in [5.74, 6) is 0.401. The van der Waals surface area contributed by atoms with Crippen molar-refractivity contribution >= 4 is 5.78 Å². The second-order valence-electron chi connectivity index (χ2n) is 3.06. The number of hydrogen-bond donors (Lipinski definition) is 1. The van der Waals surface area contributed by atoms with Crippen molar-refractivity contribution in [1.82, 2.24) is 5.32 Å². The molecule has 0 aromatic carbocycles. The van der Waals surface area contributed by atoms with E-state index in [1.165, 1.54) is 12.8 Å². The average Bonchev–Trinajstić information content (AvgIpc) is 2.10. The van der Waals surface area contributed by atoms with E-state index < -0.39 is 0 Å². The molecule has 0 aliphatic heterocycles. The molecule has 2 nitrogen and oxygen atoms in total. The summed E-state index contributed by atoms with van der Waals surface area (Å²) in [6.45, 7) is 6.19. The van der Waals surface area contributed by atoms with Crippen LogP contribution in [0.4, 0.5) is 0 Å². The quantitative estimate of drug-likeness (QED) is 0.567. The van der Waals surface area contributed by atoms with Crippen molar-refractivity contribution in [2.45, 2.75) is 46.0 Å². The van der Waals surface area contributed by atoms with Gasteiger partial charge in [0.15, 0.2) is 0 Å². The summed E-state index contributed by atoms with van der Waals surface area (Å²) in [4.78, 5) is 10.9. The molecule has 0 aromatic heterocycles. The van der Waals surface area contributed by atoms with Gasteiger partial charge < -0.3 is 5.32 Å². The third kappa shape index (κ3) is 7.73. The van der Waals surface area contributed by atoms with Gasteiger partial charge in [0.1, 0.15) is 5.78 Å². The molecule has 0 spiro atoms. The van der Waals surface area contributed by atoms with Crippen LogP contribution >= 0.6 is 0 Å². The lowest BCUT2D eigenvalue weighted by atomic mass is 10.1. The van der Waals surface area contributed by atoms with Crippen LogP contribution in [0.15, 0.2) is 0 Å². The zero-order valence-electron chi connectivity index (χ0n) is 8.36. The summed E-state index contributed by atoms with van der Waals surface area (Å²) < 4.78 is 0. The molecule has 0 rings (SSSR count). The van der Waals surface area contributed by atoms with Crippen LogP contribution in [-0.4, -0.2) is 18.9 Å². The van der Waals surface area contributed by atoms with Crippen molar-refractivity contribution in [3.8, 4) is 0 Å². The normalized spacial score (nSPS) is 10.2. The van der Waals surface area contributed by atoms with Gasteiger partial charge in [0.2, 0.25) is 0 Å². The van der Waals surface area contributed by atoms with Crippen LogP contribution in [0.3, 0.4) is 0 Å². The Hall–Kier alpha value is -0.370. The molecule has 72 valence electrons. The van der Waals surface area contributed by atoms with Crippen LogP contribution in [0.2, 0.25) is 0 Å². The van der Waals surface area contributed by atoms with E-state index in [4.69, 9.17) is 0 Å². The molecule has 0 aliphatic carbocycles. The molecule has 0 fully saturated rings. The lowest BCUT2D eigenvalue weighted by molar-refractivity contribution is -0.118. The van der Waals surface area contributed by atoms with Gasteiger partial charge in [0.25, 0.3) is 0 Å². The molecule has 0 saturated carbocycles. The molecule has 0 heterocycles. The van der Waals surface area contributed by atoms with Gasteiger partial charge >= 0.3 is 0 Å². The predicted molar refractivity (Wildman–Crippen MR) is 52.3 cm³/mol. The second kappa shape index (κ2) is 8.72. The number of ketones is 1. The van der Waals surface area contributed by atoms with Crippen LogP contribution < -0.4 is 5.32 Å². The number of unbranched alkanes of at least 4 members (excludes halogenated alkanes) is 2. The molecule has 0 saturated heterocycles. The molecule has 0 bridgehead atoms. The van der Waals surface area contributed by atoms with E-state index in [1.54, 1.807) is 0 Å². The average molecular weight is 171 g/mol. The van der Waals surface area contributed by atoms with Crippen molar-refractivity contribution in [3.63, 3.8) is 0 Å². The van der Waals surface area contributed by atoms with E-state index >= 15 is 0 Å². The third-order valence-corrected chi connectivity index (χ3v) is 1.95. The fraction of sp³-hybridized carbons (Fsp3) is 0.900. The minimum atomic E-state index is 0.401. The van der Waals surface area contributed by atoms with Crippen molar-refractivity contribution in [2.24, 2.45) is 0 Å². The minimum absolute atomic E-state index is 0.401. The molecule has 0 amide bonds. The van der Waals surface area contributed by atoms with Gasteiger partial charge in [0.05, 0.1) is 0 Å².